The van der Waals surface area contributed by atoms with Gasteiger partial charge in [0.25, 0.3) is 0 Å². The van der Waals surface area contributed by atoms with Crippen LogP contribution in [0.5, 0.6) is 11.5 Å². The molecule has 0 unspecified atom stereocenters. The molecular formula is C24H22O2. The summed E-state index contributed by atoms with van der Waals surface area (Å²) in [5.41, 5.74) is 6.16. The topological polar surface area (TPSA) is 18.5 Å². The largest absolute Gasteiger partial charge is 0.497 e. The molecule has 2 heteroatoms. The summed E-state index contributed by atoms with van der Waals surface area (Å²) in [5, 5.41) is 0. The second kappa shape index (κ2) is 7.75. The fraction of sp³-hybridized carbons (Fsp3) is 0.0833. The van der Waals surface area contributed by atoms with Gasteiger partial charge in [-0.3, -0.25) is 0 Å². The Labute approximate surface area is 155 Å². The molecule has 0 fully saturated rings. The molecule has 3 aromatic rings. The Hall–Kier alpha value is -3.26. The minimum Gasteiger partial charge on any atom is -0.497 e. The quantitative estimate of drug-likeness (QED) is 0.561. The summed E-state index contributed by atoms with van der Waals surface area (Å²) in [6.45, 7) is 8.63. The Morgan fingerprint density at radius 3 is 1.23 bits per heavy atom. The van der Waals surface area contributed by atoms with E-state index in [0.717, 1.165) is 44.9 Å². The molecule has 0 saturated heterocycles. The molecule has 0 amide bonds. The molecule has 0 aromatic heterocycles. The van der Waals surface area contributed by atoms with Gasteiger partial charge in [-0.25, -0.2) is 0 Å². The molecule has 0 spiro atoms. The zero-order valence-electron chi connectivity index (χ0n) is 15.2. The van der Waals surface area contributed by atoms with E-state index in [0.29, 0.717) is 0 Å². The molecule has 2 nitrogen and oxygen atoms in total. The lowest BCUT2D eigenvalue weighted by Gasteiger charge is -2.15. The third kappa shape index (κ3) is 3.55. The molecule has 0 heterocycles. The van der Waals surface area contributed by atoms with Crippen LogP contribution in [0.2, 0.25) is 0 Å². The minimum absolute atomic E-state index is 0.831. The molecular weight excluding hydrogens is 320 g/mol. The van der Waals surface area contributed by atoms with E-state index in [1.54, 1.807) is 14.2 Å². The van der Waals surface area contributed by atoms with Gasteiger partial charge < -0.3 is 9.47 Å². The van der Waals surface area contributed by atoms with Crippen molar-refractivity contribution in [3.05, 3.63) is 108 Å². The monoisotopic (exact) mass is 342 g/mol. The second-order valence-electron chi connectivity index (χ2n) is 5.96. The van der Waals surface area contributed by atoms with Crippen molar-refractivity contribution in [2.24, 2.45) is 0 Å². The molecule has 3 aromatic carbocycles. The maximum Gasteiger partial charge on any atom is 0.118 e. The smallest absolute Gasteiger partial charge is 0.118 e. The van der Waals surface area contributed by atoms with Crippen molar-refractivity contribution in [3.63, 3.8) is 0 Å². The first kappa shape index (κ1) is 17.6. The van der Waals surface area contributed by atoms with E-state index in [9.17, 15) is 0 Å². The van der Waals surface area contributed by atoms with Crippen LogP contribution in [-0.4, -0.2) is 14.2 Å². The van der Waals surface area contributed by atoms with E-state index < -0.39 is 0 Å². The minimum atomic E-state index is 0.831. The van der Waals surface area contributed by atoms with Crippen molar-refractivity contribution in [3.8, 4) is 11.5 Å². The van der Waals surface area contributed by atoms with Gasteiger partial charge in [-0.2, -0.15) is 0 Å². The van der Waals surface area contributed by atoms with Crippen molar-refractivity contribution in [2.45, 2.75) is 0 Å². The molecule has 0 N–H and O–H groups in total. The van der Waals surface area contributed by atoms with Crippen molar-refractivity contribution in [2.75, 3.05) is 14.2 Å². The molecule has 0 bridgehead atoms. The molecule has 3 rings (SSSR count). The first-order valence-corrected chi connectivity index (χ1v) is 8.40. The summed E-state index contributed by atoms with van der Waals surface area (Å²) in [6, 6.07) is 24.1. The number of hydrogen-bond acceptors (Lipinski definition) is 2. The maximum absolute atomic E-state index is 5.24. The number of ether oxygens (including phenoxy) is 2. The third-order valence-corrected chi connectivity index (χ3v) is 4.45. The Bertz CT molecular complexity index is 841. The van der Waals surface area contributed by atoms with Gasteiger partial charge in [-0.1, -0.05) is 61.7 Å². The van der Waals surface area contributed by atoms with Crippen LogP contribution >= 0.6 is 0 Å². The van der Waals surface area contributed by atoms with Crippen LogP contribution in [-0.2, 0) is 0 Å². The predicted octanol–water partition coefficient (Wildman–Crippen LogP) is 5.83. The van der Waals surface area contributed by atoms with Crippen LogP contribution in [0.15, 0.2) is 86.0 Å². The standard InChI is InChI=1S/C24H22O2/c1-17(19-9-13-21(25-3)14-10-19)23-7-5-6-8-24(23)18(2)20-11-15-22(26-4)16-12-20/h5-16H,1-2H2,3-4H3. The van der Waals surface area contributed by atoms with Crippen LogP contribution in [0.1, 0.15) is 22.3 Å². The molecule has 0 aliphatic carbocycles. The Balaban J connectivity index is 1.96. The lowest BCUT2D eigenvalue weighted by Crippen LogP contribution is -1.95. The van der Waals surface area contributed by atoms with Gasteiger partial charge in [0.05, 0.1) is 14.2 Å². The average molecular weight is 342 g/mol. The highest BCUT2D eigenvalue weighted by Gasteiger charge is 2.12. The molecule has 0 atom stereocenters. The lowest BCUT2D eigenvalue weighted by atomic mass is 9.89. The van der Waals surface area contributed by atoms with Gasteiger partial charge in [-0.15, -0.1) is 0 Å². The third-order valence-electron chi connectivity index (χ3n) is 4.45. The first-order chi connectivity index (χ1) is 12.6. The van der Waals surface area contributed by atoms with E-state index >= 15 is 0 Å². The van der Waals surface area contributed by atoms with E-state index in [-0.39, 0.29) is 0 Å². The van der Waals surface area contributed by atoms with Crippen LogP contribution in [0.25, 0.3) is 11.1 Å². The normalized spacial score (nSPS) is 10.2. The average Bonchev–Trinajstić information content (AvgIpc) is 2.73. The number of methoxy groups -OCH3 is 2. The van der Waals surface area contributed by atoms with E-state index in [2.05, 4.69) is 25.3 Å². The predicted molar refractivity (Wildman–Crippen MR) is 109 cm³/mol. The molecule has 0 aliphatic rings. The van der Waals surface area contributed by atoms with Gasteiger partial charge in [0.2, 0.25) is 0 Å². The van der Waals surface area contributed by atoms with Crippen LogP contribution < -0.4 is 9.47 Å². The highest BCUT2D eigenvalue weighted by atomic mass is 16.5. The summed E-state index contributed by atoms with van der Waals surface area (Å²) in [6.07, 6.45) is 0. The Kier molecular flexibility index (Phi) is 5.23. The summed E-state index contributed by atoms with van der Waals surface area (Å²) >= 11 is 0. The maximum atomic E-state index is 5.24. The van der Waals surface area contributed by atoms with Crippen molar-refractivity contribution in [1.82, 2.24) is 0 Å². The molecule has 0 radical (unpaired) electrons. The summed E-state index contributed by atoms with van der Waals surface area (Å²) in [5.74, 6) is 1.66. The van der Waals surface area contributed by atoms with Gasteiger partial charge in [0, 0.05) is 0 Å². The van der Waals surface area contributed by atoms with Gasteiger partial charge in [0.1, 0.15) is 11.5 Å². The van der Waals surface area contributed by atoms with Crippen LogP contribution in [0.4, 0.5) is 0 Å². The van der Waals surface area contributed by atoms with Crippen LogP contribution in [0.3, 0.4) is 0 Å². The lowest BCUT2D eigenvalue weighted by molar-refractivity contribution is 0.414. The van der Waals surface area contributed by atoms with Crippen molar-refractivity contribution < 1.29 is 9.47 Å². The summed E-state index contributed by atoms with van der Waals surface area (Å²) in [7, 11) is 3.33. The van der Waals surface area contributed by atoms with Crippen molar-refractivity contribution >= 4 is 11.1 Å². The Morgan fingerprint density at radius 2 is 0.923 bits per heavy atom. The highest BCUT2D eigenvalue weighted by Crippen LogP contribution is 2.32. The molecule has 26 heavy (non-hydrogen) atoms. The first-order valence-electron chi connectivity index (χ1n) is 8.40. The highest BCUT2D eigenvalue weighted by molar-refractivity contribution is 5.89. The van der Waals surface area contributed by atoms with Crippen LogP contribution in [0, 0.1) is 0 Å². The summed E-state index contributed by atoms with van der Waals surface area (Å²) < 4.78 is 10.5. The van der Waals surface area contributed by atoms with Crippen molar-refractivity contribution in [1.29, 1.82) is 0 Å². The number of rotatable bonds is 6. The van der Waals surface area contributed by atoms with E-state index in [4.69, 9.17) is 9.47 Å². The molecule has 130 valence electrons. The zero-order valence-corrected chi connectivity index (χ0v) is 15.2. The van der Waals surface area contributed by atoms with E-state index in [1.807, 2.05) is 60.7 Å². The SMILES string of the molecule is C=C(c1ccc(OC)cc1)c1ccccc1C(=C)c1ccc(OC)cc1. The van der Waals surface area contributed by atoms with Gasteiger partial charge in [0.15, 0.2) is 0 Å². The number of hydrogen-bond donors (Lipinski definition) is 0. The fourth-order valence-corrected chi connectivity index (χ4v) is 2.90. The summed E-state index contributed by atoms with van der Waals surface area (Å²) in [4.78, 5) is 0. The van der Waals surface area contributed by atoms with Gasteiger partial charge in [-0.05, 0) is 57.7 Å². The molecule has 0 aliphatic heterocycles. The van der Waals surface area contributed by atoms with Gasteiger partial charge >= 0.3 is 0 Å². The Morgan fingerprint density at radius 1 is 0.577 bits per heavy atom. The van der Waals surface area contributed by atoms with E-state index in [1.165, 1.54) is 0 Å². The fourth-order valence-electron chi connectivity index (χ4n) is 2.90. The molecule has 0 saturated carbocycles. The number of benzene rings is 3. The zero-order chi connectivity index (χ0) is 18.5. The second-order valence-corrected chi connectivity index (χ2v) is 5.96.